The van der Waals surface area contributed by atoms with E-state index in [0.29, 0.717) is 24.9 Å². The number of aryl methyl sites for hydroxylation is 1. The third kappa shape index (κ3) is 7.82. The molecule has 6 heteroatoms. The van der Waals surface area contributed by atoms with E-state index >= 15 is 0 Å². The Kier molecular flexibility index (Phi) is 10.7. The maximum atomic E-state index is 13.5. The highest BCUT2D eigenvalue weighted by Crippen LogP contribution is 2.16. The van der Waals surface area contributed by atoms with Gasteiger partial charge < -0.3 is 10.6 Å². The van der Waals surface area contributed by atoms with Crippen LogP contribution in [0, 0.1) is 5.82 Å². The molecule has 0 saturated carbocycles. The molecule has 1 amide bonds. The summed E-state index contributed by atoms with van der Waals surface area (Å²) in [5.41, 5.74) is 0.688. The van der Waals surface area contributed by atoms with E-state index in [1.54, 1.807) is 6.07 Å². The molecule has 1 aromatic carbocycles. The van der Waals surface area contributed by atoms with E-state index in [9.17, 15) is 9.18 Å². The first-order valence-electron chi connectivity index (χ1n) is 6.48. The zero-order valence-corrected chi connectivity index (χ0v) is 13.9. The summed E-state index contributed by atoms with van der Waals surface area (Å²) in [6.45, 7) is 1.44. The predicted molar refractivity (Wildman–Crippen MR) is 85.8 cm³/mol. The minimum atomic E-state index is -0.199. The number of hydrogen-bond donors (Lipinski definition) is 2. The van der Waals surface area contributed by atoms with Crippen molar-refractivity contribution >= 4 is 34.2 Å². The van der Waals surface area contributed by atoms with Crippen LogP contribution in [-0.4, -0.2) is 26.0 Å². The molecule has 0 aliphatic carbocycles. The van der Waals surface area contributed by atoms with E-state index in [4.69, 9.17) is 0 Å². The average molecular weight is 368 g/mol. The lowest BCUT2D eigenvalue weighted by atomic mass is 10.1. The SMILES string of the molecule is CNCCCC(=O)NCCCc1ccc(Br)cc1F.Cl. The molecule has 1 rings (SSSR count). The van der Waals surface area contributed by atoms with Gasteiger partial charge in [0.2, 0.25) is 5.91 Å². The number of amides is 1. The minimum Gasteiger partial charge on any atom is -0.356 e. The second-order valence-corrected chi connectivity index (χ2v) is 5.31. The van der Waals surface area contributed by atoms with Gasteiger partial charge in [0.25, 0.3) is 0 Å². The Morgan fingerprint density at radius 2 is 2.05 bits per heavy atom. The first kappa shape index (κ1) is 19.4. The van der Waals surface area contributed by atoms with Crippen molar-refractivity contribution in [1.82, 2.24) is 10.6 Å². The van der Waals surface area contributed by atoms with E-state index in [-0.39, 0.29) is 24.1 Å². The molecule has 0 unspecified atom stereocenters. The zero-order valence-electron chi connectivity index (χ0n) is 11.5. The molecule has 0 atom stereocenters. The van der Waals surface area contributed by atoms with E-state index in [1.807, 2.05) is 13.1 Å². The van der Waals surface area contributed by atoms with Crippen molar-refractivity contribution in [3.8, 4) is 0 Å². The van der Waals surface area contributed by atoms with Gasteiger partial charge in [0.15, 0.2) is 0 Å². The number of rotatable bonds is 8. The van der Waals surface area contributed by atoms with Crippen molar-refractivity contribution in [3.05, 3.63) is 34.1 Å². The molecule has 1 aromatic rings. The lowest BCUT2D eigenvalue weighted by Crippen LogP contribution is -2.25. The second-order valence-electron chi connectivity index (χ2n) is 4.40. The van der Waals surface area contributed by atoms with Gasteiger partial charge in [0, 0.05) is 17.4 Å². The van der Waals surface area contributed by atoms with Crippen LogP contribution in [0.3, 0.4) is 0 Å². The van der Waals surface area contributed by atoms with E-state index in [2.05, 4.69) is 26.6 Å². The highest BCUT2D eigenvalue weighted by atomic mass is 79.9. The summed E-state index contributed by atoms with van der Waals surface area (Å²) in [6, 6.07) is 5.06. The van der Waals surface area contributed by atoms with Gasteiger partial charge in [0.1, 0.15) is 5.82 Å². The summed E-state index contributed by atoms with van der Waals surface area (Å²) in [6.07, 6.45) is 2.75. The van der Waals surface area contributed by atoms with Gasteiger partial charge >= 0.3 is 0 Å². The average Bonchev–Trinajstić information content (AvgIpc) is 2.37. The number of carbonyl (C=O) groups excluding carboxylic acids is 1. The fraction of sp³-hybridized carbons (Fsp3) is 0.500. The summed E-state index contributed by atoms with van der Waals surface area (Å²) < 4.78 is 14.3. The first-order chi connectivity index (χ1) is 9.13. The highest BCUT2D eigenvalue weighted by Gasteiger charge is 2.03. The Morgan fingerprint density at radius 1 is 1.30 bits per heavy atom. The minimum absolute atomic E-state index is 0. The molecule has 0 aromatic heterocycles. The topological polar surface area (TPSA) is 41.1 Å². The van der Waals surface area contributed by atoms with Gasteiger partial charge in [-0.05, 0) is 50.6 Å². The lowest BCUT2D eigenvalue weighted by Gasteiger charge is -2.06. The summed E-state index contributed by atoms with van der Waals surface area (Å²) in [5, 5.41) is 5.84. The Hall–Kier alpha value is -0.650. The van der Waals surface area contributed by atoms with Crippen LogP contribution in [0.15, 0.2) is 22.7 Å². The normalized spacial score (nSPS) is 9.95. The third-order valence-corrected chi connectivity index (χ3v) is 3.28. The molecule has 0 aliphatic heterocycles. The van der Waals surface area contributed by atoms with Crippen LogP contribution >= 0.6 is 28.3 Å². The molecule has 0 saturated heterocycles. The van der Waals surface area contributed by atoms with E-state index in [1.165, 1.54) is 6.07 Å². The monoisotopic (exact) mass is 366 g/mol. The van der Waals surface area contributed by atoms with Crippen molar-refractivity contribution in [2.75, 3.05) is 20.1 Å². The molecule has 114 valence electrons. The van der Waals surface area contributed by atoms with Crippen LogP contribution in [0.5, 0.6) is 0 Å². The third-order valence-electron chi connectivity index (χ3n) is 2.79. The van der Waals surface area contributed by atoms with Gasteiger partial charge in [-0.1, -0.05) is 22.0 Å². The molecule has 2 N–H and O–H groups in total. The fourth-order valence-corrected chi connectivity index (χ4v) is 2.08. The molecule has 0 bridgehead atoms. The molecule has 0 radical (unpaired) electrons. The summed E-state index contributed by atoms with van der Waals surface area (Å²) >= 11 is 3.22. The molecular formula is C14H21BrClFN2O. The maximum Gasteiger partial charge on any atom is 0.220 e. The van der Waals surface area contributed by atoms with Crippen molar-refractivity contribution in [3.63, 3.8) is 0 Å². The van der Waals surface area contributed by atoms with Gasteiger partial charge in [-0.3, -0.25) is 4.79 Å². The highest BCUT2D eigenvalue weighted by molar-refractivity contribution is 9.10. The van der Waals surface area contributed by atoms with Crippen molar-refractivity contribution < 1.29 is 9.18 Å². The lowest BCUT2D eigenvalue weighted by molar-refractivity contribution is -0.121. The molecule has 0 fully saturated rings. The first-order valence-corrected chi connectivity index (χ1v) is 7.28. The number of nitrogens with one attached hydrogen (secondary N) is 2. The summed E-state index contributed by atoms with van der Waals surface area (Å²) in [7, 11) is 1.87. The van der Waals surface area contributed by atoms with Gasteiger partial charge in [-0.15, -0.1) is 12.4 Å². The van der Waals surface area contributed by atoms with E-state index < -0.39 is 0 Å². The Labute approximate surface area is 134 Å². The predicted octanol–water partition coefficient (Wildman–Crippen LogP) is 3.06. The molecule has 0 spiro atoms. The van der Waals surface area contributed by atoms with Gasteiger partial charge in [0.05, 0.1) is 0 Å². The van der Waals surface area contributed by atoms with Gasteiger partial charge in [-0.25, -0.2) is 4.39 Å². The Balaban J connectivity index is 0.00000361. The van der Waals surface area contributed by atoms with Crippen molar-refractivity contribution in [2.24, 2.45) is 0 Å². The number of hydrogen-bond acceptors (Lipinski definition) is 2. The molecule has 0 aliphatic rings. The van der Waals surface area contributed by atoms with Crippen molar-refractivity contribution in [1.29, 1.82) is 0 Å². The van der Waals surface area contributed by atoms with Crippen LogP contribution in [0.25, 0.3) is 0 Å². The van der Waals surface area contributed by atoms with Crippen LogP contribution in [0.4, 0.5) is 4.39 Å². The molecule has 0 heterocycles. The Morgan fingerprint density at radius 3 is 2.70 bits per heavy atom. The summed E-state index contributed by atoms with van der Waals surface area (Å²) in [5.74, 6) is -0.138. The van der Waals surface area contributed by atoms with E-state index in [0.717, 1.165) is 23.9 Å². The van der Waals surface area contributed by atoms with Crippen LogP contribution in [-0.2, 0) is 11.2 Å². The van der Waals surface area contributed by atoms with Gasteiger partial charge in [-0.2, -0.15) is 0 Å². The number of benzene rings is 1. The standard InChI is InChI=1S/C14H20BrFN2O.ClH/c1-17-8-3-5-14(19)18-9-2-4-11-6-7-12(15)10-13(11)16;/h6-7,10,17H,2-5,8-9H2,1H3,(H,18,19);1H. The van der Waals surface area contributed by atoms with Crippen LogP contribution in [0.1, 0.15) is 24.8 Å². The molecular weight excluding hydrogens is 347 g/mol. The van der Waals surface area contributed by atoms with Crippen LogP contribution < -0.4 is 10.6 Å². The number of halogens is 3. The second kappa shape index (κ2) is 11.1. The maximum absolute atomic E-state index is 13.5. The Bertz CT molecular complexity index is 418. The van der Waals surface area contributed by atoms with Crippen molar-refractivity contribution in [2.45, 2.75) is 25.7 Å². The molecule has 20 heavy (non-hydrogen) atoms. The summed E-state index contributed by atoms with van der Waals surface area (Å²) in [4.78, 5) is 11.4. The van der Waals surface area contributed by atoms with Crippen LogP contribution in [0.2, 0.25) is 0 Å². The molecule has 3 nitrogen and oxygen atoms in total. The smallest absolute Gasteiger partial charge is 0.220 e. The fourth-order valence-electron chi connectivity index (χ4n) is 1.75. The quantitative estimate of drug-likeness (QED) is 0.693. The number of carbonyl (C=O) groups is 1. The largest absolute Gasteiger partial charge is 0.356 e. The zero-order chi connectivity index (χ0) is 14.1.